The lowest BCUT2D eigenvalue weighted by atomic mass is 9.75. The quantitative estimate of drug-likeness (QED) is 0.626. The molecule has 0 bridgehead atoms. The first kappa shape index (κ1) is 21.2. The number of hydrogen-bond acceptors (Lipinski definition) is 2. The third kappa shape index (κ3) is 7.28. The van der Waals surface area contributed by atoms with E-state index in [1.165, 1.54) is 44.2 Å². The minimum absolute atomic E-state index is 0.0613. The molecule has 1 fully saturated rings. The highest BCUT2D eigenvalue weighted by Crippen LogP contribution is 2.37. The van der Waals surface area contributed by atoms with Crippen LogP contribution in [0, 0.1) is 17.8 Å². The summed E-state index contributed by atoms with van der Waals surface area (Å²) in [6, 6.07) is 8.45. The van der Waals surface area contributed by atoms with Crippen LogP contribution in [0.15, 0.2) is 24.3 Å². The average molecular weight is 363 g/mol. The number of rotatable bonds is 10. The van der Waals surface area contributed by atoms with Gasteiger partial charge in [-0.2, -0.15) is 0 Å². The summed E-state index contributed by atoms with van der Waals surface area (Å²) < 4.78 is 11.2. The second-order valence-corrected chi connectivity index (χ2v) is 9.01. The lowest BCUT2D eigenvalue weighted by Crippen LogP contribution is -2.82. The molecule has 1 aliphatic rings. The Balaban J connectivity index is 1.81. The van der Waals surface area contributed by atoms with E-state index in [4.69, 9.17) is 9.47 Å². The Morgan fingerprint density at radius 3 is 2.50 bits per heavy atom. The molecular weight excluding hydrogens is 322 g/mol. The summed E-state index contributed by atoms with van der Waals surface area (Å²) in [7, 11) is 1.72. The molecule has 1 saturated heterocycles. The fourth-order valence-corrected chi connectivity index (χ4v) is 4.21. The Kier molecular flexibility index (Phi) is 8.43. The maximum Gasteiger partial charge on any atom is 0.118 e. The van der Waals surface area contributed by atoms with Crippen molar-refractivity contribution < 1.29 is 14.8 Å². The zero-order chi connectivity index (χ0) is 19.0. The van der Waals surface area contributed by atoms with E-state index in [0.29, 0.717) is 0 Å². The minimum atomic E-state index is 0.0613. The van der Waals surface area contributed by atoms with Gasteiger partial charge in [0.1, 0.15) is 12.3 Å². The number of hydrogen-bond donors (Lipinski definition) is 1. The van der Waals surface area contributed by atoms with Crippen LogP contribution >= 0.6 is 0 Å². The molecule has 0 saturated carbocycles. The molecule has 1 heterocycles. The highest BCUT2D eigenvalue weighted by Gasteiger charge is 2.33. The standard InChI is InChI=1S/C23H39NO2/c1-18(2)6-9-20(21-13-15-26-23(3,4)16-21)12-14-24-17-19-7-10-22(25-5)11-8-19/h7-8,10-11,18,20-21,24H,6,9,12-17H2,1-5H3/p+1/t20-,21-/m0/s1. The third-order valence-corrected chi connectivity index (χ3v) is 5.80. The van der Waals surface area contributed by atoms with Gasteiger partial charge in [-0.05, 0) is 81.5 Å². The van der Waals surface area contributed by atoms with E-state index >= 15 is 0 Å². The number of ether oxygens (including phenoxy) is 2. The summed E-state index contributed by atoms with van der Waals surface area (Å²) in [5, 5.41) is 2.47. The van der Waals surface area contributed by atoms with Gasteiger partial charge in [0.05, 0.1) is 19.3 Å². The van der Waals surface area contributed by atoms with Crippen molar-refractivity contribution >= 4 is 0 Å². The van der Waals surface area contributed by atoms with Crippen LogP contribution in [0.4, 0.5) is 0 Å². The van der Waals surface area contributed by atoms with Crippen LogP contribution in [0.3, 0.4) is 0 Å². The van der Waals surface area contributed by atoms with Gasteiger partial charge in [-0.1, -0.05) is 20.3 Å². The molecule has 0 spiro atoms. The van der Waals surface area contributed by atoms with E-state index < -0.39 is 0 Å². The summed E-state index contributed by atoms with van der Waals surface area (Å²) in [5.74, 6) is 3.40. The van der Waals surface area contributed by atoms with Crippen molar-refractivity contribution in [2.45, 2.75) is 71.9 Å². The van der Waals surface area contributed by atoms with Crippen molar-refractivity contribution in [2.75, 3.05) is 20.3 Å². The molecule has 3 heteroatoms. The molecule has 2 atom stereocenters. The second-order valence-electron chi connectivity index (χ2n) is 9.01. The minimum Gasteiger partial charge on any atom is -0.497 e. The summed E-state index contributed by atoms with van der Waals surface area (Å²) in [6.07, 6.45) is 6.50. The Morgan fingerprint density at radius 2 is 1.88 bits per heavy atom. The van der Waals surface area contributed by atoms with Gasteiger partial charge >= 0.3 is 0 Å². The topological polar surface area (TPSA) is 35.1 Å². The van der Waals surface area contributed by atoms with Crippen molar-refractivity contribution in [3.8, 4) is 5.75 Å². The first-order valence-electron chi connectivity index (χ1n) is 10.5. The second kappa shape index (κ2) is 10.3. The predicted octanol–water partition coefficient (Wildman–Crippen LogP) is 4.41. The van der Waals surface area contributed by atoms with E-state index in [0.717, 1.165) is 36.7 Å². The summed E-state index contributed by atoms with van der Waals surface area (Å²) >= 11 is 0. The van der Waals surface area contributed by atoms with E-state index in [9.17, 15) is 0 Å². The van der Waals surface area contributed by atoms with Crippen LogP contribution < -0.4 is 10.1 Å². The van der Waals surface area contributed by atoms with Gasteiger partial charge in [0, 0.05) is 12.2 Å². The zero-order valence-corrected chi connectivity index (χ0v) is 17.6. The molecule has 0 aliphatic carbocycles. The smallest absolute Gasteiger partial charge is 0.118 e. The highest BCUT2D eigenvalue weighted by atomic mass is 16.5. The summed E-state index contributed by atoms with van der Waals surface area (Å²) in [5.41, 5.74) is 1.43. The van der Waals surface area contributed by atoms with Gasteiger partial charge < -0.3 is 14.8 Å². The van der Waals surface area contributed by atoms with Crippen LogP contribution in [0.25, 0.3) is 0 Å². The lowest BCUT2D eigenvalue weighted by molar-refractivity contribution is -0.671. The van der Waals surface area contributed by atoms with Gasteiger partial charge in [0.25, 0.3) is 0 Å². The molecule has 26 heavy (non-hydrogen) atoms. The van der Waals surface area contributed by atoms with Gasteiger partial charge in [0.15, 0.2) is 0 Å². The van der Waals surface area contributed by atoms with Crippen LogP contribution in [-0.2, 0) is 11.3 Å². The van der Waals surface area contributed by atoms with E-state index in [1.54, 1.807) is 7.11 Å². The monoisotopic (exact) mass is 362 g/mol. The Morgan fingerprint density at radius 1 is 1.15 bits per heavy atom. The molecule has 0 amide bonds. The Bertz CT molecular complexity index is 509. The lowest BCUT2D eigenvalue weighted by Gasteiger charge is -2.39. The molecule has 0 unspecified atom stereocenters. The van der Waals surface area contributed by atoms with Crippen LogP contribution in [0.1, 0.15) is 65.4 Å². The number of quaternary nitrogens is 1. The molecule has 148 valence electrons. The first-order chi connectivity index (χ1) is 12.4. The summed E-state index contributed by atoms with van der Waals surface area (Å²) in [6.45, 7) is 12.4. The van der Waals surface area contributed by atoms with Crippen molar-refractivity contribution in [1.82, 2.24) is 0 Å². The van der Waals surface area contributed by atoms with Crippen LogP contribution in [-0.4, -0.2) is 25.9 Å². The zero-order valence-electron chi connectivity index (χ0n) is 17.6. The first-order valence-corrected chi connectivity index (χ1v) is 10.5. The molecule has 0 radical (unpaired) electrons. The fourth-order valence-electron chi connectivity index (χ4n) is 4.21. The summed E-state index contributed by atoms with van der Waals surface area (Å²) in [4.78, 5) is 0. The maximum atomic E-state index is 5.96. The number of benzene rings is 1. The van der Waals surface area contributed by atoms with Crippen molar-refractivity contribution in [3.05, 3.63) is 29.8 Å². The maximum absolute atomic E-state index is 5.96. The van der Waals surface area contributed by atoms with Crippen LogP contribution in [0.5, 0.6) is 5.75 Å². The van der Waals surface area contributed by atoms with Crippen LogP contribution in [0.2, 0.25) is 0 Å². The molecule has 1 aliphatic heterocycles. The molecule has 3 nitrogen and oxygen atoms in total. The molecule has 2 rings (SSSR count). The highest BCUT2D eigenvalue weighted by molar-refractivity contribution is 5.26. The molecule has 0 aromatic heterocycles. The average Bonchev–Trinajstić information content (AvgIpc) is 2.60. The van der Waals surface area contributed by atoms with E-state index in [1.807, 2.05) is 0 Å². The molecule has 1 aromatic rings. The SMILES string of the molecule is COc1ccc(C[NH2+]CC[C@H](CCC(C)C)[C@H]2CCOC(C)(C)C2)cc1. The van der Waals surface area contributed by atoms with E-state index in [2.05, 4.69) is 57.3 Å². The van der Waals surface area contributed by atoms with Crippen molar-refractivity contribution in [3.63, 3.8) is 0 Å². The molecule has 1 aromatic carbocycles. The van der Waals surface area contributed by atoms with Gasteiger partial charge in [-0.3, -0.25) is 0 Å². The Hall–Kier alpha value is -1.06. The van der Waals surface area contributed by atoms with Gasteiger partial charge in [-0.25, -0.2) is 0 Å². The third-order valence-electron chi connectivity index (χ3n) is 5.80. The predicted molar refractivity (Wildman–Crippen MR) is 108 cm³/mol. The van der Waals surface area contributed by atoms with Crippen molar-refractivity contribution in [1.29, 1.82) is 0 Å². The fraction of sp³-hybridized carbons (Fsp3) is 0.739. The molecular formula is C23H40NO2+. The van der Waals surface area contributed by atoms with Crippen molar-refractivity contribution in [2.24, 2.45) is 17.8 Å². The van der Waals surface area contributed by atoms with Gasteiger partial charge in [-0.15, -0.1) is 0 Å². The Labute approximate surface area is 160 Å². The van der Waals surface area contributed by atoms with E-state index in [-0.39, 0.29) is 5.60 Å². The normalized spacial score (nSPS) is 20.9. The largest absolute Gasteiger partial charge is 0.497 e. The number of methoxy groups -OCH3 is 1. The molecule has 2 N–H and O–H groups in total. The number of nitrogens with two attached hydrogens (primary N) is 1. The van der Waals surface area contributed by atoms with Gasteiger partial charge in [0.2, 0.25) is 0 Å².